The highest BCUT2D eigenvalue weighted by molar-refractivity contribution is 5.17. The van der Waals surface area contributed by atoms with Crippen LogP contribution >= 0.6 is 0 Å². The number of rotatable bonds is 6. The molecule has 4 rings (SSSR count). The highest BCUT2D eigenvalue weighted by atomic mass is 16.3. The van der Waals surface area contributed by atoms with Crippen molar-refractivity contribution in [3.8, 4) is 0 Å². The molecule has 1 aliphatic rings. The van der Waals surface area contributed by atoms with Crippen LogP contribution in [0.25, 0.3) is 0 Å². The summed E-state index contributed by atoms with van der Waals surface area (Å²) < 4.78 is 0. The lowest BCUT2D eigenvalue weighted by molar-refractivity contribution is -0.194. The average Bonchev–Trinajstić information content (AvgIpc) is 2.74. The van der Waals surface area contributed by atoms with E-state index in [-0.39, 0.29) is 0 Å². The van der Waals surface area contributed by atoms with E-state index in [0.717, 1.165) is 33.0 Å². The van der Waals surface area contributed by atoms with E-state index in [1.54, 1.807) is 0 Å². The van der Waals surface area contributed by atoms with E-state index in [1.807, 2.05) is 18.2 Å². The number of aliphatic hydroxyl groups excluding tert-OH is 1. The van der Waals surface area contributed by atoms with Gasteiger partial charge in [-0.3, -0.25) is 4.90 Å². The maximum absolute atomic E-state index is 11.1. The summed E-state index contributed by atoms with van der Waals surface area (Å²) in [5, 5.41) is 11.1. The Kier molecular flexibility index (Phi) is 6.14. The Balaban J connectivity index is 1.52. The smallest absolute Gasteiger partial charge is 0.168 e. The van der Waals surface area contributed by atoms with Gasteiger partial charge in [0.1, 0.15) is 0 Å². The molecule has 0 spiro atoms. The molecule has 0 unspecified atom stereocenters. The first-order chi connectivity index (χ1) is 13.8. The lowest BCUT2D eigenvalue weighted by atomic mass is 10.2. The van der Waals surface area contributed by atoms with Crippen molar-refractivity contribution in [1.82, 2.24) is 14.7 Å². The Labute approximate surface area is 167 Å². The van der Waals surface area contributed by atoms with Crippen LogP contribution in [0.2, 0.25) is 0 Å². The van der Waals surface area contributed by atoms with Crippen LogP contribution in [0, 0.1) is 0 Å². The molecular formula is C24H27N3O. The van der Waals surface area contributed by atoms with Crippen LogP contribution in [0.3, 0.4) is 0 Å². The van der Waals surface area contributed by atoms with Crippen LogP contribution in [0.4, 0.5) is 0 Å². The SMILES string of the molecule is OC1N(Cc2ccccc2)CN(Cc2ccccc2)CN1Cc1ccccc1. The third-order valence-corrected chi connectivity index (χ3v) is 5.12. The molecule has 0 amide bonds. The van der Waals surface area contributed by atoms with Crippen molar-refractivity contribution < 1.29 is 5.11 Å². The molecule has 0 atom stereocenters. The molecule has 1 N–H and O–H groups in total. The standard InChI is InChI=1S/C24H27N3O/c28-24-26(17-22-12-6-2-7-13-22)19-25(16-21-10-4-1-5-11-21)20-27(24)18-23-14-8-3-9-15-23/h1-15,24,28H,16-20H2. The van der Waals surface area contributed by atoms with Gasteiger partial charge in [-0.05, 0) is 16.7 Å². The maximum Gasteiger partial charge on any atom is 0.168 e. The fourth-order valence-electron chi connectivity index (χ4n) is 3.78. The quantitative estimate of drug-likeness (QED) is 0.714. The molecule has 4 heteroatoms. The summed E-state index contributed by atoms with van der Waals surface area (Å²) in [4.78, 5) is 6.64. The number of benzene rings is 3. The summed E-state index contributed by atoms with van der Waals surface area (Å²) >= 11 is 0. The third kappa shape index (κ3) is 4.86. The largest absolute Gasteiger partial charge is 0.365 e. The average molecular weight is 374 g/mol. The summed E-state index contributed by atoms with van der Waals surface area (Å²) in [6, 6.07) is 31.3. The number of aliphatic hydroxyl groups is 1. The summed E-state index contributed by atoms with van der Waals surface area (Å²) in [5.74, 6) is 0. The predicted octanol–water partition coefficient (Wildman–Crippen LogP) is 3.70. The number of nitrogens with zero attached hydrogens (tertiary/aromatic N) is 3. The zero-order valence-electron chi connectivity index (χ0n) is 16.1. The van der Waals surface area contributed by atoms with Gasteiger partial charge in [0.25, 0.3) is 0 Å². The molecule has 28 heavy (non-hydrogen) atoms. The van der Waals surface area contributed by atoms with Gasteiger partial charge in [-0.2, -0.15) is 0 Å². The van der Waals surface area contributed by atoms with Crippen LogP contribution < -0.4 is 0 Å². The zero-order valence-corrected chi connectivity index (χ0v) is 16.1. The molecule has 1 saturated heterocycles. The van der Waals surface area contributed by atoms with Gasteiger partial charge in [-0.1, -0.05) is 91.0 Å². The van der Waals surface area contributed by atoms with E-state index >= 15 is 0 Å². The maximum atomic E-state index is 11.1. The summed E-state index contributed by atoms with van der Waals surface area (Å²) in [6.07, 6.45) is -0.604. The van der Waals surface area contributed by atoms with Crippen LogP contribution in [0.1, 0.15) is 16.7 Å². The van der Waals surface area contributed by atoms with Gasteiger partial charge in [0, 0.05) is 19.6 Å². The lowest BCUT2D eigenvalue weighted by Crippen LogP contribution is -2.60. The molecule has 0 bridgehead atoms. The molecule has 1 aliphatic heterocycles. The molecule has 0 aromatic heterocycles. The molecule has 3 aromatic carbocycles. The summed E-state index contributed by atoms with van der Waals surface area (Å²) in [6.45, 7) is 3.77. The van der Waals surface area contributed by atoms with Gasteiger partial charge in [0.05, 0.1) is 13.3 Å². The van der Waals surface area contributed by atoms with E-state index in [0.29, 0.717) is 0 Å². The third-order valence-electron chi connectivity index (χ3n) is 5.12. The first kappa shape index (κ1) is 18.8. The van der Waals surface area contributed by atoms with Crippen molar-refractivity contribution in [2.24, 2.45) is 0 Å². The van der Waals surface area contributed by atoms with Gasteiger partial charge >= 0.3 is 0 Å². The van der Waals surface area contributed by atoms with Crippen molar-refractivity contribution in [2.45, 2.75) is 26.0 Å². The Morgan fingerprint density at radius 1 is 0.571 bits per heavy atom. The highest BCUT2D eigenvalue weighted by Gasteiger charge is 2.31. The summed E-state index contributed by atoms with van der Waals surface area (Å²) in [7, 11) is 0. The van der Waals surface area contributed by atoms with Crippen molar-refractivity contribution >= 4 is 0 Å². The zero-order chi connectivity index (χ0) is 19.2. The van der Waals surface area contributed by atoms with Crippen molar-refractivity contribution in [2.75, 3.05) is 13.3 Å². The van der Waals surface area contributed by atoms with E-state index in [4.69, 9.17) is 0 Å². The Bertz CT molecular complexity index is 790. The Hall–Kier alpha value is -2.50. The predicted molar refractivity (Wildman–Crippen MR) is 112 cm³/mol. The first-order valence-electron chi connectivity index (χ1n) is 9.78. The van der Waals surface area contributed by atoms with Gasteiger partial charge < -0.3 is 5.11 Å². The molecule has 0 saturated carbocycles. The molecule has 4 nitrogen and oxygen atoms in total. The minimum atomic E-state index is -0.604. The molecular weight excluding hydrogens is 346 g/mol. The second-order valence-corrected chi connectivity index (χ2v) is 7.41. The van der Waals surface area contributed by atoms with Crippen molar-refractivity contribution in [3.63, 3.8) is 0 Å². The molecule has 0 radical (unpaired) electrons. The fraction of sp³-hybridized carbons (Fsp3) is 0.250. The van der Waals surface area contributed by atoms with Crippen molar-refractivity contribution in [3.05, 3.63) is 108 Å². The van der Waals surface area contributed by atoms with E-state index in [2.05, 4.69) is 87.5 Å². The van der Waals surface area contributed by atoms with Gasteiger partial charge in [-0.15, -0.1) is 0 Å². The van der Waals surface area contributed by atoms with Crippen LogP contribution in [-0.2, 0) is 19.6 Å². The fourth-order valence-corrected chi connectivity index (χ4v) is 3.78. The van der Waals surface area contributed by atoms with Crippen LogP contribution in [-0.4, -0.2) is 39.5 Å². The summed E-state index contributed by atoms with van der Waals surface area (Å²) in [5.41, 5.74) is 3.71. The molecule has 1 fully saturated rings. The first-order valence-corrected chi connectivity index (χ1v) is 9.78. The minimum absolute atomic E-state index is 0.604. The van der Waals surface area contributed by atoms with Gasteiger partial charge in [-0.25, -0.2) is 9.80 Å². The minimum Gasteiger partial charge on any atom is -0.365 e. The van der Waals surface area contributed by atoms with Crippen LogP contribution in [0.15, 0.2) is 91.0 Å². The molecule has 144 valence electrons. The van der Waals surface area contributed by atoms with E-state index in [9.17, 15) is 5.11 Å². The topological polar surface area (TPSA) is 30.0 Å². The Morgan fingerprint density at radius 3 is 1.32 bits per heavy atom. The normalized spacial score (nSPS) is 17.0. The molecule has 1 heterocycles. The molecule has 0 aliphatic carbocycles. The van der Waals surface area contributed by atoms with E-state index in [1.165, 1.54) is 16.7 Å². The molecule has 3 aromatic rings. The highest BCUT2D eigenvalue weighted by Crippen LogP contribution is 2.20. The number of hydrogen-bond acceptors (Lipinski definition) is 4. The van der Waals surface area contributed by atoms with Crippen molar-refractivity contribution in [1.29, 1.82) is 0 Å². The van der Waals surface area contributed by atoms with Gasteiger partial charge in [0.15, 0.2) is 6.35 Å². The second kappa shape index (κ2) is 9.13. The number of hydrogen-bond donors (Lipinski definition) is 1. The Morgan fingerprint density at radius 2 is 0.929 bits per heavy atom. The van der Waals surface area contributed by atoms with Crippen LogP contribution in [0.5, 0.6) is 0 Å². The van der Waals surface area contributed by atoms with Gasteiger partial charge in [0.2, 0.25) is 0 Å². The second-order valence-electron chi connectivity index (χ2n) is 7.41. The van der Waals surface area contributed by atoms with E-state index < -0.39 is 6.35 Å². The lowest BCUT2D eigenvalue weighted by Gasteiger charge is -2.46. The monoisotopic (exact) mass is 373 g/mol.